The van der Waals surface area contributed by atoms with Gasteiger partial charge in [-0.2, -0.15) is 10.5 Å². The number of nitrogens with zero attached hydrogens (tertiary/aromatic N) is 7. The van der Waals surface area contributed by atoms with Crippen LogP contribution >= 0.6 is 0 Å². The Morgan fingerprint density at radius 3 is 1.08 bits per heavy atom. The van der Waals surface area contributed by atoms with Crippen molar-refractivity contribution in [2.24, 2.45) is 0 Å². The van der Waals surface area contributed by atoms with Crippen molar-refractivity contribution in [1.29, 1.82) is 10.5 Å². The Kier molecular flexibility index (Phi) is 13.0. The zero-order chi connectivity index (χ0) is 67.9. The summed E-state index contributed by atoms with van der Waals surface area (Å²) in [4.78, 5) is 0. The minimum atomic E-state index is -0.0835. The van der Waals surface area contributed by atoms with E-state index >= 15 is 0 Å². The van der Waals surface area contributed by atoms with Crippen LogP contribution in [0, 0.1) is 22.7 Å². The quantitative estimate of drug-likeness (QED) is 0.159. The van der Waals surface area contributed by atoms with Crippen LogP contribution in [0.4, 0.5) is 0 Å². The van der Waals surface area contributed by atoms with E-state index in [-0.39, 0.29) is 5.41 Å². The topological polar surface area (TPSA) is 72.2 Å². The highest BCUT2D eigenvalue weighted by atomic mass is 15.0. The lowest BCUT2D eigenvalue weighted by atomic mass is 9.82. The van der Waals surface area contributed by atoms with Gasteiger partial charge >= 0.3 is 0 Å². The summed E-state index contributed by atoms with van der Waals surface area (Å²) in [6, 6.07) is 124. The Labute approximate surface area is 587 Å². The monoisotopic (exact) mass is 1300 g/mol. The van der Waals surface area contributed by atoms with Crippen LogP contribution in [0.25, 0.3) is 171 Å². The molecule has 0 radical (unpaired) electrons. The van der Waals surface area contributed by atoms with Gasteiger partial charge in [0.2, 0.25) is 0 Å². The molecule has 0 saturated heterocycles. The molecule has 5 heterocycles. The molecule has 0 amide bonds. The first-order valence-electron chi connectivity index (χ1n) is 34.8. The fourth-order valence-electron chi connectivity index (χ4n) is 17.1. The van der Waals surface area contributed by atoms with Gasteiger partial charge in [-0.3, -0.25) is 0 Å². The molecule has 0 saturated carbocycles. The fraction of sp³-hybridized carbons (Fsp3) is 0.0316. The van der Waals surface area contributed by atoms with Gasteiger partial charge in [-0.15, -0.1) is 0 Å². The Hall–Kier alpha value is -13.7. The van der Waals surface area contributed by atoms with E-state index in [1.54, 1.807) is 0 Å². The Morgan fingerprint density at radius 1 is 0.255 bits per heavy atom. The lowest BCUT2D eigenvalue weighted by Crippen LogP contribution is -2.14. The molecular formula is C95H61N7. The van der Waals surface area contributed by atoms with Crippen molar-refractivity contribution < 1.29 is 0 Å². The second-order valence-electron chi connectivity index (χ2n) is 27.3. The lowest BCUT2D eigenvalue weighted by molar-refractivity contribution is 0.661. The van der Waals surface area contributed by atoms with E-state index in [0.717, 1.165) is 78.1 Å². The Balaban J connectivity index is 0.000000137. The third kappa shape index (κ3) is 8.59. The van der Waals surface area contributed by atoms with Gasteiger partial charge in [0.25, 0.3) is 0 Å². The number of nitriles is 2. The summed E-state index contributed by atoms with van der Waals surface area (Å²) < 4.78 is 11.6. The molecule has 0 unspecified atom stereocenters. The fourth-order valence-corrected chi connectivity index (χ4v) is 17.1. The number of benzene rings is 15. The molecule has 0 N–H and O–H groups in total. The van der Waals surface area contributed by atoms with Gasteiger partial charge in [0, 0.05) is 76.3 Å². The number of para-hydroxylation sites is 8. The molecule has 0 aliphatic heterocycles. The summed E-state index contributed by atoms with van der Waals surface area (Å²) in [6.45, 7) is 4.65. The Bertz CT molecular complexity index is 6870. The average molecular weight is 1300 g/mol. The van der Waals surface area contributed by atoms with Gasteiger partial charge < -0.3 is 22.8 Å². The van der Waals surface area contributed by atoms with Crippen LogP contribution in [-0.4, -0.2) is 22.8 Å². The number of rotatable bonds is 7. The van der Waals surface area contributed by atoms with Gasteiger partial charge in [-0.1, -0.05) is 232 Å². The molecule has 1 aliphatic rings. The van der Waals surface area contributed by atoms with E-state index in [1.165, 1.54) is 104 Å². The molecule has 102 heavy (non-hydrogen) atoms. The first-order chi connectivity index (χ1) is 50.3. The predicted octanol–water partition coefficient (Wildman–Crippen LogP) is 24.2. The molecule has 0 atom stereocenters. The van der Waals surface area contributed by atoms with E-state index < -0.39 is 0 Å². The van der Waals surface area contributed by atoms with Crippen molar-refractivity contribution in [3.63, 3.8) is 0 Å². The maximum atomic E-state index is 10.7. The molecule has 20 aromatic rings. The molecule has 5 aromatic heterocycles. The molecule has 21 rings (SSSR count). The number of hydrogen-bond donors (Lipinski definition) is 0. The first-order valence-corrected chi connectivity index (χ1v) is 34.8. The van der Waals surface area contributed by atoms with Crippen molar-refractivity contribution >= 4 is 109 Å². The van der Waals surface area contributed by atoms with Gasteiger partial charge in [0.05, 0.1) is 77.7 Å². The molecule has 15 aromatic carbocycles. The van der Waals surface area contributed by atoms with Crippen LogP contribution in [0.3, 0.4) is 0 Å². The van der Waals surface area contributed by atoms with Crippen molar-refractivity contribution in [1.82, 2.24) is 22.8 Å². The van der Waals surface area contributed by atoms with Gasteiger partial charge in [-0.05, 0) is 160 Å². The van der Waals surface area contributed by atoms with E-state index in [1.807, 2.05) is 12.1 Å². The van der Waals surface area contributed by atoms with Crippen molar-refractivity contribution in [2.45, 2.75) is 19.3 Å². The van der Waals surface area contributed by atoms with Crippen LogP contribution in [0.5, 0.6) is 0 Å². The van der Waals surface area contributed by atoms with Crippen LogP contribution < -0.4 is 0 Å². The van der Waals surface area contributed by atoms with Crippen LogP contribution in [0.2, 0.25) is 0 Å². The maximum Gasteiger partial charge on any atom is 0.101 e. The third-order valence-electron chi connectivity index (χ3n) is 21.7. The van der Waals surface area contributed by atoms with Gasteiger partial charge in [0.15, 0.2) is 0 Å². The molecule has 0 fully saturated rings. The summed E-state index contributed by atoms with van der Waals surface area (Å²) in [5.74, 6) is 0. The van der Waals surface area contributed by atoms with E-state index in [0.29, 0.717) is 11.1 Å². The van der Waals surface area contributed by atoms with Crippen LogP contribution in [0.15, 0.2) is 334 Å². The minimum absolute atomic E-state index is 0.0835. The Morgan fingerprint density at radius 2 is 0.608 bits per heavy atom. The van der Waals surface area contributed by atoms with Gasteiger partial charge in [-0.25, -0.2) is 0 Å². The van der Waals surface area contributed by atoms with Crippen LogP contribution in [-0.2, 0) is 5.41 Å². The van der Waals surface area contributed by atoms with E-state index in [2.05, 4.69) is 370 Å². The molecule has 0 spiro atoms. The standard InChI is InChI=1S/C49H30N4.C46H31N3/c50-31-34-30-33(32-22-25-36(26-23-32)51-43-18-8-4-14-37(43)38-15-5-9-19-44(38)51)24-28-42(34)53-46-21-11-7-17-41(46)48-47(53)29-27-40-39-16-6-10-20-45(39)52(49(40)48)35-12-2-1-3-13-35;1-46(2)37-15-7-3-13-35(37)44-38(46)24-26-43-45(44)36-14-6-10-18-42(36)49(43)39-25-21-30(27-31(39)28-47)29-19-22-32(23-20-29)48-40-16-8-4-11-33(40)34-12-5-9-17-41(34)48/h1-30H;3-27H,1-2H3. The smallest absolute Gasteiger partial charge is 0.101 e. The lowest BCUT2D eigenvalue weighted by Gasteiger charge is -2.21. The molecular weight excluding hydrogens is 1240 g/mol. The maximum absolute atomic E-state index is 10.7. The van der Waals surface area contributed by atoms with E-state index in [4.69, 9.17) is 0 Å². The molecule has 1 aliphatic carbocycles. The highest BCUT2D eigenvalue weighted by molar-refractivity contribution is 6.26. The van der Waals surface area contributed by atoms with Crippen molar-refractivity contribution in [2.75, 3.05) is 0 Å². The summed E-state index contributed by atoms with van der Waals surface area (Å²) in [6.07, 6.45) is 0. The molecule has 7 heteroatoms. The summed E-state index contributed by atoms with van der Waals surface area (Å²) in [5.41, 5.74) is 27.2. The largest absolute Gasteiger partial charge is 0.309 e. The number of fused-ring (bicyclic) bond motifs is 20. The SMILES string of the molecule is CC1(C)c2ccccc2-c2c1ccc1c2c2ccccc2n1-c1ccc(-c2ccc(-n3c4ccccc4c4ccccc43)cc2)cc1C#N.N#Cc1cc(-c2ccc(-n3c4ccccc4c4ccccc43)cc2)ccc1-n1c2ccccc2c2c1ccc1c3ccccc3n(-c3ccccc3)c12. The summed E-state index contributed by atoms with van der Waals surface area (Å²) in [5, 5.41) is 33.5. The van der Waals surface area contributed by atoms with Gasteiger partial charge in [0.1, 0.15) is 12.1 Å². The highest BCUT2D eigenvalue weighted by Crippen LogP contribution is 2.54. The average Bonchev–Trinajstić information content (AvgIpc) is 1.49. The van der Waals surface area contributed by atoms with E-state index in [9.17, 15) is 10.5 Å². The van der Waals surface area contributed by atoms with Crippen molar-refractivity contribution in [3.05, 3.63) is 356 Å². The number of hydrogen-bond acceptors (Lipinski definition) is 2. The third-order valence-corrected chi connectivity index (χ3v) is 21.7. The van der Waals surface area contributed by atoms with Crippen molar-refractivity contribution in [3.8, 4) is 74.0 Å². The zero-order valence-electron chi connectivity index (χ0n) is 55.9. The highest BCUT2D eigenvalue weighted by Gasteiger charge is 2.37. The second-order valence-corrected chi connectivity index (χ2v) is 27.3. The molecule has 7 nitrogen and oxygen atoms in total. The molecule has 476 valence electrons. The summed E-state index contributed by atoms with van der Waals surface area (Å²) >= 11 is 0. The second kappa shape index (κ2) is 22.7. The zero-order valence-corrected chi connectivity index (χ0v) is 55.9. The van der Waals surface area contributed by atoms with Crippen LogP contribution in [0.1, 0.15) is 36.1 Å². The number of aromatic nitrogens is 5. The minimum Gasteiger partial charge on any atom is -0.309 e. The first kappa shape index (κ1) is 58.4. The predicted molar refractivity (Wildman–Crippen MR) is 422 cm³/mol. The molecule has 0 bridgehead atoms. The summed E-state index contributed by atoms with van der Waals surface area (Å²) in [7, 11) is 0. The normalized spacial score (nSPS) is 12.5.